The lowest BCUT2D eigenvalue weighted by molar-refractivity contribution is -0.125. The number of rotatable bonds is 4. The van der Waals surface area contributed by atoms with Gasteiger partial charge in [0.15, 0.2) is 6.29 Å². The molecule has 1 aromatic carbocycles. The third kappa shape index (κ3) is 2.74. The van der Waals surface area contributed by atoms with E-state index in [0.717, 1.165) is 47.8 Å². The Morgan fingerprint density at radius 3 is 2.59 bits per heavy atom. The Kier molecular flexibility index (Phi) is 4.80. The molecule has 6 nitrogen and oxygen atoms in total. The van der Waals surface area contributed by atoms with Crippen LogP contribution in [-0.2, 0) is 36.4 Å². The molecule has 2 N–H and O–H groups in total. The fourth-order valence-electron chi connectivity index (χ4n) is 5.34. The number of fused-ring (bicyclic) bond motifs is 4. The summed E-state index contributed by atoms with van der Waals surface area (Å²) in [7, 11) is 0. The van der Waals surface area contributed by atoms with Crippen molar-refractivity contribution in [1.82, 2.24) is 9.55 Å². The van der Waals surface area contributed by atoms with Crippen molar-refractivity contribution >= 4 is 17.2 Å². The van der Waals surface area contributed by atoms with Gasteiger partial charge in [0.1, 0.15) is 11.4 Å². The largest absolute Gasteiger partial charge is 0.391 e. The molecule has 32 heavy (non-hydrogen) atoms. The van der Waals surface area contributed by atoms with Crippen LogP contribution in [-0.4, -0.2) is 26.1 Å². The fraction of sp³-hybridized carbons (Fsp3) is 0.400. The minimum atomic E-state index is -1.88. The second kappa shape index (κ2) is 7.32. The Morgan fingerprint density at radius 2 is 1.94 bits per heavy atom. The van der Waals surface area contributed by atoms with E-state index in [1.165, 1.54) is 10.6 Å². The van der Waals surface area contributed by atoms with Crippen LogP contribution in [0.5, 0.6) is 0 Å². The van der Waals surface area contributed by atoms with Gasteiger partial charge in [0, 0.05) is 28.1 Å². The number of aldehydes is 1. The molecule has 7 heteroatoms. The molecule has 0 radical (unpaired) electrons. The zero-order valence-electron chi connectivity index (χ0n) is 18.2. The van der Waals surface area contributed by atoms with Crippen molar-refractivity contribution in [3.05, 3.63) is 61.7 Å². The van der Waals surface area contributed by atoms with Crippen LogP contribution >= 0.6 is 0 Å². The van der Waals surface area contributed by atoms with Gasteiger partial charge in [0.25, 0.3) is 5.56 Å². The third-order valence-corrected chi connectivity index (χ3v) is 7.24. The van der Waals surface area contributed by atoms with Crippen molar-refractivity contribution in [2.24, 2.45) is 0 Å². The summed E-state index contributed by atoms with van der Waals surface area (Å²) < 4.78 is 16.3. The molecule has 1 aliphatic heterocycles. The SMILES string of the molecule is CC[C@@](O)(C=O)c1cc2n(c(=O)c1CO)Cc1c-2nc2cc(F)c(C)c3c2c1CCCC3. The van der Waals surface area contributed by atoms with Gasteiger partial charge in [-0.15, -0.1) is 0 Å². The van der Waals surface area contributed by atoms with Gasteiger partial charge in [-0.3, -0.25) is 9.59 Å². The summed E-state index contributed by atoms with van der Waals surface area (Å²) in [4.78, 5) is 29.8. The van der Waals surface area contributed by atoms with Crippen LogP contribution in [0.2, 0.25) is 0 Å². The number of hydrogen-bond donors (Lipinski definition) is 2. The maximum atomic E-state index is 14.7. The lowest BCUT2D eigenvalue weighted by Crippen LogP contribution is -2.34. The molecule has 2 aromatic heterocycles. The first-order valence-electron chi connectivity index (χ1n) is 11.0. The first-order chi connectivity index (χ1) is 15.3. The highest BCUT2D eigenvalue weighted by atomic mass is 19.1. The Balaban J connectivity index is 1.86. The second-order valence-corrected chi connectivity index (χ2v) is 8.85. The van der Waals surface area contributed by atoms with E-state index in [1.54, 1.807) is 19.9 Å². The second-order valence-electron chi connectivity index (χ2n) is 8.85. The van der Waals surface area contributed by atoms with Gasteiger partial charge in [-0.05, 0) is 61.8 Å². The number of hydrogen-bond acceptors (Lipinski definition) is 5. The number of aryl methyl sites for hydroxylation is 2. The molecule has 0 amide bonds. The van der Waals surface area contributed by atoms with Crippen molar-refractivity contribution in [2.75, 3.05) is 0 Å². The highest BCUT2D eigenvalue weighted by molar-refractivity contribution is 5.92. The van der Waals surface area contributed by atoms with Crippen molar-refractivity contribution in [3.63, 3.8) is 0 Å². The molecule has 0 saturated carbocycles. The molecule has 0 bridgehead atoms. The van der Waals surface area contributed by atoms with Crippen LogP contribution in [0, 0.1) is 12.7 Å². The number of halogens is 1. The number of pyridine rings is 2. The smallest absolute Gasteiger partial charge is 0.257 e. The minimum absolute atomic E-state index is 0.0102. The lowest BCUT2D eigenvalue weighted by atomic mass is 9.88. The maximum absolute atomic E-state index is 14.7. The summed E-state index contributed by atoms with van der Waals surface area (Å²) in [5.41, 5.74) is 3.07. The molecule has 2 aliphatic rings. The molecule has 166 valence electrons. The van der Waals surface area contributed by atoms with E-state index in [1.807, 2.05) is 0 Å². The molecular formula is C25H25FN2O4. The average molecular weight is 436 g/mol. The monoisotopic (exact) mass is 436 g/mol. The van der Waals surface area contributed by atoms with Crippen LogP contribution in [0.3, 0.4) is 0 Å². The maximum Gasteiger partial charge on any atom is 0.257 e. The van der Waals surface area contributed by atoms with Gasteiger partial charge in [-0.1, -0.05) is 6.92 Å². The third-order valence-electron chi connectivity index (χ3n) is 7.24. The normalized spacial score (nSPS) is 16.4. The van der Waals surface area contributed by atoms with Crippen LogP contribution in [0.4, 0.5) is 4.39 Å². The number of aliphatic hydroxyl groups is 2. The van der Waals surface area contributed by atoms with E-state index >= 15 is 0 Å². The minimum Gasteiger partial charge on any atom is -0.391 e. The number of aliphatic hydroxyl groups excluding tert-OH is 1. The summed E-state index contributed by atoms with van der Waals surface area (Å²) in [6.45, 7) is 3.16. The highest BCUT2D eigenvalue weighted by Crippen LogP contribution is 2.41. The van der Waals surface area contributed by atoms with E-state index in [9.17, 15) is 24.2 Å². The van der Waals surface area contributed by atoms with E-state index < -0.39 is 17.8 Å². The zero-order chi connectivity index (χ0) is 22.8. The average Bonchev–Trinajstić information content (AvgIpc) is 3.01. The Morgan fingerprint density at radius 1 is 1.22 bits per heavy atom. The predicted octanol–water partition coefficient (Wildman–Crippen LogP) is 3.04. The van der Waals surface area contributed by atoms with Gasteiger partial charge < -0.3 is 14.8 Å². The van der Waals surface area contributed by atoms with Gasteiger partial charge in [-0.2, -0.15) is 0 Å². The van der Waals surface area contributed by atoms with E-state index in [2.05, 4.69) is 0 Å². The van der Waals surface area contributed by atoms with Crippen LogP contribution in [0.25, 0.3) is 22.3 Å². The van der Waals surface area contributed by atoms with E-state index in [0.29, 0.717) is 35.3 Å². The van der Waals surface area contributed by atoms with Crippen molar-refractivity contribution in [2.45, 2.75) is 64.7 Å². The molecule has 5 rings (SSSR count). The zero-order valence-corrected chi connectivity index (χ0v) is 18.2. The Hall–Kier alpha value is -2.90. The molecule has 3 aromatic rings. The van der Waals surface area contributed by atoms with Crippen LogP contribution in [0.15, 0.2) is 16.9 Å². The van der Waals surface area contributed by atoms with Gasteiger partial charge in [0.2, 0.25) is 0 Å². The molecule has 0 fully saturated rings. The van der Waals surface area contributed by atoms with Gasteiger partial charge in [0.05, 0.1) is 30.1 Å². The van der Waals surface area contributed by atoms with Crippen molar-refractivity contribution in [1.29, 1.82) is 0 Å². The number of benzene rings is 1. The molecule has 0 unspecified atom stereocenters. The predicted molar refractivity (Wildman–Crippen MR) is 118 cm³/mol. The van der Waals surface area contributed by atoms with E-state index in [-0.39, 0.29) is 23.4 Å². The quantitative estimate of drug-likeness (QED) is 0.480. The standard InChI is InChI=1S/C25H25FN2O4/c1-3-25(32,12-30)18-8-21-23-16(10-28(21)24(31)17(18)11-29)15-7-5-4-6-14-13(2)19(26)9-20(27-23)22(14)15/h8-9,12,29,32H,3-7,10-11H2,1-2H3/t25-/m1/s1. The molecule has 3 heterocycles. The summed E-state index contributed by atoms with van der Waals surface area (Å²) >= 11 is 0. The molecular weight excluding hydrogens is 411 g/mol. The lowest BCUT2D eigenvalue weighted by Gasteiger charge is -2.23. The number of nitrogens with zero attached hydrogens (tertiary/aromatic N) is 2. The Bertz CT molecular complexity index is 1360. The van der Waals surface area contributed by atoms with Crippen LogP contribution < -0.4 is 5.56 Å². The summed E-state index contributed by atoms with van der Waals surface area (Å²) in [5, 5.41) is 21.7. The summed E-state index contributed by atoms with van der Waals surface area (Å²) in [6.07, 6.45) is 3.98. The van der Waals surface area contributed by atoms with Crippen LogP contribution in [0.1, 0.15) is 59.6 Å². The molecule has 1 atom stereocenters. The van der Waals surface area contributed by atoms with Crippen molar-refractivity contribution < 1.29 is 19.4 Å². The number of carbonyl (C=O) groups excluding carboxylic acids is 1. The number of carbonyl (C=O) groups is 1. The summed E-state index contributed by atoms with van der Waals surface area (Å²) in [6, 6.07) is 3.05. The van der Waals surface area contributed by atoms with Gasteiger partial charge >= 0.3 is 0 Å². The fourth-order valence-corrected chi connectivity index (χ4v) is 5.34. The van der Waals surface area contributed by atoms with E-state index in [4.69, 9.17) is 4.98 Å². The molecule has 0 saturated heterocycles. The summed E-state index contributed by atoms with van der Waals surface area (Å²) in [5.74, 6) is -0.291. The Labute approximate surface area is 184 Å². The topological polar surface area (TPSA) is 92.4 Å². The molecule has 1 aliphatic carbocycles. The van der Waals surface area contributed by atoms with Crippen molar-refractivity contribution in [3.8, 4) is 11.4 Å². The molecule has 0 spiro atoms. The first-order valence-corrected chi connectivity index (χ1v) is 11.0. The van der Waals surface area contributed by atoms with Gasteiger partial charge in [-0.25, -0.2) is 9.37 Å². The highest BCUT2D eigenvalue weighted by Gasteiger charge is 2.35. The first kappa shape index (κ1) is 21.0. The number of aromatic nitrogens is 2.